The van der Waals surface area contributed by atoms with Crippen molar-refractivity contribution < 1.29 is 4.74 Å². The fourth-order valence-electron chi connectivity index (χ4n) is 2.36. The van der Waals surface area contributed by atoms with Crippen LogP contribution in [0, 0.1) is 0 Å². The summed E-state index contributed by atoms with van der Waals surface area (Å²) >= 11 is 0. The van der Waals surface area contributed by atoms with E-state index in [0.717, 1.165) is 6.61 Å². The predicted molar refractivity (Wildman–Crippen MR) is 65.2 cm³/mol. The van der Waals surface area contributed by atoms with Crippen LogP contribution in [0.1, 0.15) is 59.3 Å². The molecule has 0 spiro atoms. The molecule has 1 N–H and O–H groups in total. The van der Waals surface area contributed by atoms with Gasteiger partial charge in [-0.05, 0) is 26.2 Å². The molecule has 15 heavy (non-hydrogen) atoms. The molecule has 90 valence electrons. The van der Waals surface area contributed by atoms with Gasteiger partial charge in [0.05, 0.1) is 6.10 Å². The number of unbranched alkanes of at least 4 members (excludes halogenated alkanes) is 1. The van der Waals surface area contributed by atoms with Crippen LogP contribution in [0.25, 0.3) is 0 Å². The molecule has 0 radical (unpaired) electrons. The molecule has 2 heteroatoms. The lowest BCUT2D eigenvalue weighted by Crippen LogP contribution is -2.42. The summed E-state index contributed by atoms with van der Waals surface area (Å²) in [6.07, 6.45) is 8.16. The zero-order valence-corrected chi connectivity index (χ0v) is 10.6. The molecule has 0 bridgehead atoms. The monoisotopic (exact) mass is 213 g/mol. The Balaban J connectivity index is 2.28. The Morgan fingerprint density at radius 1 is 1.27 bits per heavy atom. The van der Waals surface area contributed by atoms with Crippen molar-refractivity contribution in [2.45, 2.75) is 77.5 Å². The normalized spacial score (nSPS) is 28.2. The van der Waals surface area contributed by atoms with Crippen molar-refractivity contribution in [2.75, 3.05) is 6.61 Å². The third-order valence-electron chi connectivity index (χ3n) is 3.37. The lowest BCUT2D eigenvalue weighted by atomic mass is 10.0. The SMILES string of the molecule is CCCCC(CCC)NC1CCOC1C. The van der Waals surface area contributed by atoms with Crippen molar-refractivity contribution in [1.82, 2.24) is 5.32 Å². The zero-order valence-electron chi connectivity index (χ0n) is 10.6. The minimum Gasteiger partial charge on any atom is -0.377 e. The molecular weight excluding hydrogens is 186 g/mol. The maximum absolute atomic E-state index is 5.59. The van der Waals surface area contributed by atoms with Crippen molar-refractivity contribution in [3.05, 3.63) is 0 Å². The Morgan fingerprint density at radius 2 is 2.07 bits per heavy atom. The largest absolute Gasteiger partial charge is 0.377 e. The summed E-state index contributed by atoms with van der Waals surface area (Å²) in [5, 5.41) is 3.78. The van der Waals surface area contributed by atoms with E-state index in [-0.39, 0.29) is 0 Å². The van der Waals surface area contributed by atoms with Crippen molar-refractivity contribution in [3.63, 3.8) is 0 Å². The van der Waals surface area contributed by atoms with Gasteiger partial charge >= 0.3 is 0 Å². The van der Waals surface area contributed by atoms with E-state index < -0.39 is 0 Å². The summed E-state index contributed by atoms with van der Waals surface area (Å²) in [6, 6.07) is 1.31. The average molecular weight is 213 g/mol. The van der Waals surface area contributed by atoms with Crippen LogP contribution in [0.15, 0.2) is 0 Å². The van der Waals surface area contributed by atoms with Gasteiger partial charge in [0.25, 0.3) is 0 Å². The molecule has 1 rings (SSSR count). The maximum atomic E-state index is 5.59. The molecule has 0 saturated carbocycles. The Morgan fingerprint density at radius 3 is 2.60 bits per heavy atom. The van der Waals surface area contributed by atoms with Gasteiger partial charge in [0.15, 0.2) is 0 Å². The number of hydrogen-bond donors (Lipinski definition) is 1. The second kappa shape index (κ2) is 7.24. The predicted octanol–water partition coefficient (Wildman–Crippen LogP) is 3.11. The van der Waals surface area contributed by atoms with Gasteiger partial charge in [-0.15, -0.1) is 0 Å². The van der Waals surface area contributed by atoms with Crippen molar-refractivity contribution in [1.29, 1.82) is 0 Å². The van der Waals surface area contributed by atoms with Gasteiger partial charge in [0.2, 0.25) is 0 Å². The third-order valence-corrected chi connectivity index (χ3v) is 3.37. The van der Waals surface area contributed by atoms with Crippen LogP contribution in [-0.4, -0.2) is 24.8 Å². The molecule has 0 aromatic rings. The van der Waals surface area contributed by atoms with Crippen LogP contribution < -0.4 is 5.32 Å². The summed E-state index contributed by atoms with van der Waals surface area (Å²) in [4.78, 5) is 0. The van der Waals surface area contributed by atoms with Gasteiger partial charge in [-0.25, -0.2) is 0 Å². The highest BCUT2D eigenvalue weighted by molar-refractivity contribution is 4.82. The van der Waals surface area contributed by atoms with E-state index in [1.54, 1.807) is 0 Å². The maximum Gasteiger partial charge on any atom is 0.0700 e. The topological polar surface area (TPSA) is 21.3 Å². The molecule has 0 aromatic heterocycles. The van der Waals surface area contributed by atoms with Crippen LogP contribution in [-0.2, 0) is 4.74 Å². The number of ether oxygens (including phenoxy) is 1. The van der Waals surface area contributed by atoms with Crippen LogP contribution >= 0.6 is 0 Å². The standard InChI is InChI=1S/C13H27NO/c1-4-6-8-12(7-5-2)14-13-9-10-15-11(13)3/h11-14H,4-10H2,1-3H3. The quantitative estimate of drug-likeness (QED) is 0.701. The molecule has 0 aliphatic carbocycles. The molecule has 1 aliphatic rings. The van der Waals surface area contributed by atoms with Crippen molar-refractivity contribution in [3.8, 4) is 0 Å². The number of nitrogens with one attached hydrogen (secondary N) is 1. The van der Waals surface area contributed by atoms with Crippen LogP contribution in [0.2, 0.25) is 0 Å². The average Bonchev–Trinajstić information content (AvgIpc) is 2.61. The summed E-state index contributed by atoms with van der Waals surface area (Å²) in [5.41, 5.74) is 0. The van der Waals surface area contributed by atoms with Gasteiger partial charge in [-0.3, -0.25) is 0 Å². The van der Waals surface area contributed by atoms with E-state index in [1.807, 2.05) is 0 Å². The van der Waals surface area contributed by atoms with Crippen LogP contribution in [0.4, 0.5) is 0 Å². The summed E-state index contributed by atoms with van der Waals surface area (Å²) in [6.45, 7) is 7.67. The Kier molecular flexibility index (Phi) is 6.26. The van der Waals surface area contributed by atoms with E-state index in [4.69, 9.17) is 4.74 Å². The highest BCUT2D eigenvalue weighted by Crippen LogP contribution is 2.16. The minimum atomic E-state index is 0.408. The molecule has 3 atom stereocenters. The van der Waals surface area contributed by atoms with E-state index in [0.29, 0.717) is 18.2 Å². The molecule has 1 saturated heterocycles. The van der Waals surface area contributed by atoms with E-state index in [2.05, 4.69) is 26.1 Å². The van der Waals surface area contributed by atoms with Gasteiger partial charge in [0.1, 0.15) is 0 Å². The molecule has 1 aliphatic heterocycles. The second-order valence-corrected chi connectivity index (χ2v) is 4.77. The first kappa shape index (κ1) is 13.0. The Hall–Kier alpha value is -0.0800. The smallest absolute Gasteiger partial charge is 0.0700 e. The Labute approximate surface area is 94.8 Å². The number of rotatable bonds is 7. The zero-order chi connectivity index (χ0) is 11.1. The molecule has 2 nitrogen and oxygen atoms in total. The van der Waals surface area contributed by atoms with Crippen LogP contribution in [0.5, 0.6) is 0 Å². The molecule has 0 aromatic carbocycles. The molecule has 3 unspecified atom stereocenters. The van der Waals surface area contributed by atoms with E-state index in [1.165, 1.54) is 38.5 Å². The fourth-order valence-corrected chi connectivity index (χ4v) is 2.36. The van der Waals surface area contributed by atoms with Crippen molar-refractivity contribution in [2.24, 2.45) is 0 Å². The summed E-state index contributed by atoms with van der Waals surface area (Å²) in [5.74, 6) is 0. The van der Waals surface area contributed by atoms with Gasteiger partial charge < -0.3 is 10.1 Å². The Bertz CT molecular complexity index is 161. The first-order valence-corrected chi connectivity index (χ1v) is 6.65. The van der Waals surface area contributed by atoms with Crippen molar-refractivity contribution >= 4 is 0 Å². The molecular formula is C13H27NO. The minimum absolute atomic E-state index is 0.408. The van der Waals surface area contributed by atoms with Gasteiger partial charge in [-0.1, -0.05) is 33.1 Å². The third kappa shape index (κ3) is 4.52. The first-order chi connectivity index (χ1) is 7.27. The first-order valence-electron chi connectivity index (χ1n) is 6.65. The second-order valence-electron chi connectivity index (χ2n) is 4.77. The summed E-state index contributed by atoms with van der Waals surface area (Å²) < 4.78 is 5.59. The highest BCUT2D eigenvalue weighted by Gasteiger charge is 2.25. The molecule has 0 amide bonds. The molecule has 1 fully saturated rings. The lowest BCUT2D eigenvalue weighted by molar-refractivity contribution is 0.110. The molecule has 1 heterocycles. The summed E-state index contributed by atoms with van der Waals surface area (Å²) in [7, 11) is 0. The lowest BCUT2D eigenvalue weighted by Gasteiger charge is -2.24. The van der Waals surface area contributed by atoms with Crippen LogP contribution in [0.3, 0.4) is 0 Å². The fraction of sp³-hybridized carbons (Fsp3) is 1.00. The van der Waals surface area contributed by atoms with E-state index >= 15 is 0 Å². The highest BCUT2D eigenvalue weighted by atomic mass is 16.5. The van der Waals surface area contributed by atoms with E-state index in [9.17, 15) is 0 Å². The van der Waals surface area contributed by atoms with Gasteiger partial charge in [-0.2, -0.15) is 0 Å². The number of hydrogen-bond acceptors (Lipinski definition) is 2. The van der Waals surface area contributed by atoms with Gasteiger partial charge in [0, 0.05) is 18.7 Å².